The zero-order valence-corrected chi connectivity index (χ0v) is 11.0. The number of nitrogens with one attached hydrogen (secondary N) is 1. The van der Waals surface area contributed by atoms with Gasteiger partial charge in [0.25, 0.3) is 5.56 Å². The zero-order valence-electron chi connectivity index (χ0n) is 11.0. The standard InChI is InChI=1S/C12H18N4O3/c1-3-15(7-10(17)14-2)12(19)8-16-6-9(13)4-5-11(16)18/h4-6H,3,7-8,13H2,1-2H3,(H,14,17). The van der Waals surface area contributed by atoms with Crippen LogP contribution in [0.4, 0.5) is 5.69 Å². The monoisotopic (exact) mass is 266 g/mol. The van der Waals surface area contributed by atoms with E-state index in [1.807, 2.05) is 0 Å². The molecule has 19 heavy (non-hydrogen) atoms. The summed E-state index contributed by atoms with van der Waals surface area (Å²) >= 11 is 0. The molecule has 0 unspecified atom stereocenters. The van der Waals surface area contributed by atoms with Crippen molar-refractivity contribution >= 4 is 17.5 Å². The number of hydrogen-bond donors (Lipinski definition) is 2. The van der Waals surface area contributed by atoms with Crippen LogP contribution in [0.1, 0.15) is 6.92 Å². The Labute approximate surface area is 111 Å². The molecule has 0 aliphatic rings. The first-order valence-electron chi connectivity index (χ1n) is 5.92. The van der Waals surface area contributed by atoms with Gasteiger partial charge in [-0.1, -0.05) is 0 Å². The summed E-state index contributed by atoms with van der Waals surface area (Å²) in [4.78, 5) is 36.2. The van der Waals surface area contributed by atoms with Gasteiger partial charge in [-0.2, -0.15) is 0 Å². The van der Waals surface area contributed by atoms with E-state index in [0.717, 1.165) is 0 Å². The van der Waals surface area contributed by atoms with Crippen LogP contribution in [0.15, 0.2) is 23.1 Å². The van der Waals surface area contributed by atoms with Crippen molar-refractivity contribution in [3.63, 3.8) is 0 Å². The number of likely N-dealkylation sites (N-methyl/N-ethyl adjacent to an activating group) is 2. The smallest absolute Gasteiger partial charge is 0.251 e. The Balaban J connectivity index is 2.79. The van der Waals surface area contributed by atoms with Crippen molar-refractivity contribution < 1.29 is 9.59 Å². The predicted molar refractivity (Wildman–Crippen MR) is 71.4 cm³/mol. The molecule has 0 aliphatic heterocycles. The number of rotatable bonds is 5. The highest BCUT2D eigenvalue weighted by Gasteiger charge is 2.15. The summed E-state index contributed by atoms with van der Waals surface area (Å²) in [5.41, 5.74) is 5.66. The van der Waals surface area contributed by atoms with Crippen LogP contribution in [-0.2, 0) is 16.1 Å². The molecular formula is C12H18N4O3. The van der Waals surface area contributed by atoms with Gasteiger partial charge in [-0.15, -0.1) is 0 Å². The molecule has 104 valence electrons. The fourth-order valence-corrected chi connectivity index (χ4v) is 1.55. The van der Waals surface area contributed by atoms with Gasteiger partial charge in [0.1, 0.15) is 6.54 Å². The number of hydrogen-bond acceptors (Lipinski definition) is 4. The molecule has 0 saturated heterocycles. The Morgan fingerprint density at radius 3 is 2.68 bits per heavy atom. The average Bonchev–Trinajstić information content (AvgIpc) is 2.39. The minimum atomic E-state index is -0.307. The summed E-state index contributed by atoms with van der Waals surface area (Å²) in [6.07, 6.45) is 1.41. The first kappa shape index (κ1) is 14.7. The SMILES string of the molecule is CCN(CC(=O)NC)C(=O)Cn1cc(N)ccc1=O. The molecule has 0 saturated carbocycles. The Kier molecular flexibility index (Phi) is 5.11. The minimum Gasteiger partial charge on any atom is -0.398 e. The number of carbonyl (C=O) groups excluding carboxylic acids is 2. The summed E-state index contributed by atoms with van der Waals surface area (Å²) in [7, 11) is 1.50. The Hall–Kier alpha value is -2.31. The Bertz CT molecular complexity index is 524. The van der Waals surface area contributed by atoms with Crippen LogP contribution in [0.5, 0.6) is 0 Å². The molecule has 1 aromatic heterocycles. The summed E-state index contributed by atoms with van der Waals surface area (Å²) in [6.45, 7) is 2.00. The lowest BCUT2D eigenvalue weighted by molar-refractivity contribution is -0.136. The topological polar surface area (TPSA) is 97.4 Å². The lowest BCUT2D eigenvalue weighted by Gasteiger charge is -2.20. The van der Waals surface area contributed by atoms with Crippen LogP contribution in [0.3, 0.4) is 0 Å². The lowest BCUT2D eigenvalue weighted by Crippen LogP contribution is -2.42. The Morgan fingerprint density at radius 1 is 1.42 bits per heavy atom. The van der Waals surface area contributed by atoms with E-state index in [2.05, 4.69) is 5.32 Å². The molecule has 0 aromatic carbocycles. The molecule has 7 heteroatoms. The van der Waals surface area contributed by atoms with Gasteiger partial charge in [0.05, 0.1) is 6.54 Å². The third-order valence-electron chi connectivity index (χ3n) is 2.66. The van der Waals surface area contributed by atoms with Gasteiger partial charge in [-0.3, -0.25) is 14.4 Å². The van der Waals surface area contributed by atoms with Crippen molar-refractivity contribution in [3.05, 3.63) is 28.7 Å². The van der Waals surface area contributed by atoms with E-state index in [1.165, 1.54) is 34.8 Å². The molecule has 0 bridgehead atoms. The lowest BCUT2D eigenvalue weighted by atomic mass is 10.3. The van der Waals surface area contributed by atoms with Crippen molar-refractivity contribution in [1.29, 1.82) is 0 Å². The minimum absolute atomic E-state index is 0.0249. The molecule has 1 aromatic rings. The van der Waals surface area contributed by atoms with Crippen molar-refractivity contribution in [2.24, 2.45) is 0 Å². The van der Waals surface area contributed by atoms with Gasteiger partial charge in [0.2, 0.25) is 11.8 Å². The van der Waals surface area contributed by atoms with Crippen LogP contribution in [0.2, 0.25) is 0 Å². The van der Waals surface area contributed by atoms with Gasteiger partial charge < -0.3 is 20.5 Å². The quantitative estimate of drug-likeness (QED) is 0.716. The molecule has 3 N–H and O–H groups in total. The molecule has 0 radical (unpaired) electrons. The van der Waals surface area contributed by atoms with E-state index in [0.29, 0.717) is 12.2 Å². The maximum absolute atomic E-state index is 12.0. The van der Waals surface area contributed by atoms with Crippen molar-refractivity contribution in [2.45, 2.75) is 13.5 Å². The number of amides is 2. The summed E-state index contributed by atoms with van der Waals surface area (Å²) in [5.74, 6) is -0.561. The van der Waals surface area contributed by atoms with Crippen molar-refractivity contribution in [1.82, 2.24) is 14.8 Å². The van der Waals surface area contributed by atoms with E-state index in [9.17, 15) is 14.4 Å². The number of nitrogen functional groups attached to an aromatic ring is 1. The number of anilines is 1. The molecule has 7 nitrogen and oxygen atoms in total. The van der Waals surface area contributed by atoms with Crippen molar-refractivity contribution in [3.8, 4) is 0 Å². The van der Waals surface area contributed by atoms with Gasteiger partial charge in [0.15, 0.2) is 0 Å². The van der Waals surface area contributed by atoms with Crippen LogP contribution >= 0.6 is 0 Å². The molecule has 2 amide bonds. The number of nitrogens with two attached hydrogens (primary N) is 1. The highest BCUT2D eigenvalue weighted by molar-refractivity contribution is 5.84. The van der Waals surface area contributed by atoms with Crippen LogP contribution in [0, 0.1) is 0 Å². The first-order valence-corrected chi connectivity index (χ1v) is 5.92. The van der Waals surface area contributed by atoms with E-state index in [-0.39, 0.29) is 30.5 Å². The molecule has 0 fully saturated rings. The van der Waals surface area contributed by atoms with Crippen molar-refractivity contribution in [2.75, 3.05) is 25.9 Å². The fourth-order valence-electron chi connectivity index (χ4n) is 1.55. The highest BCUT2D eigenvalue weighted by Crippen LogP contribution is 1.98. The third kappa shape index (κ3) is 4.13. The Morgan fingerprint density at radius 2 is 2.11 bits per heavy atom. The van der Waals surface area contributed by atoms with E-state index in [1.54, 1.807) is 6.92 Å². The molecule has 1 rings (SSSR count). The zero-order chi connectivity index (χ0) is 14.4. The largest absolute Gasteiger partial charge is 0.398 e. The number of nitrogens with zero attached hydrogens (tertiary/aromatic N) is 2. The number of aromatic nitrogens is 1. The second kappa shape index (κ2) is 6.58. The van der Waals surface area contributed by atoms with Gasteiger partial charge >= 0.3 is 0 Å². The maximum Gasteiger partial charge on any atom is 0.251 e. The predicted octanol–water partition coefficient (Wildman–Crippen LogP) is -0.975. The normalized spacial score (nSPS) is 10.0. The van der Waals surface area contributed by atoms with Crippen LogP contribution in [0.25, 0.3) is 0 Å². The number of pyridine rings is 1. The molecular weight excluding hydrogens is 248 g/mol. The second-order valence-electron chi connectivity index (χ2n) is 4.01. The molecule has 1 heterocycles. The molecule has 0 aliphatic carbocycles. The summed E-state index contributed by atoms with van der Waals surface area (Å²) in [6, 6.07) is 2.78. The third-order valence-corrected chi connectivity index (χ3v) is 2.66. The van der Waals surface area contributed by atoms with Gasteiger partial charge in [0, 0.05) is 31.5 Å². The maximum atomic E-state index is 12.0. The van der Waals surface area contributed by atoms with Gasteiger partial charge in [-0.25, -0.2) is 0 Å². The van der Waals surface area contributed by atoms with Crippen LogP contribution < -0.4 is 16.6 Å². The van der Waals surface area contributed by atoms with Gasteiger partial charge in [-0.05, 0) is 13.0 Å². The highest BCUT2D eigenvalue weighted by atomic mass is 16.2. The van der Waals surface area contributed by atoms with E-state index >= 15 is 0 Å². The first-order chi connectivity index (χ1) is 8.97. The number of carbonyl (C=O) groups is 2. The summed E-state index contributed by atoms with van der Waals surface area (Å²) < 4.78 is 1.23. The van der Waals surface area contributed by atoms with E-state index in [4.69, 9.17) is 5.73 Å². The second-order valence-corrected chi connectivity index (χ2v) is 4.01. The van der Waals surface area contributed by atoms with Crippen LogP contribution in [-0.4, -0.2) is 41.4 Å². The van der Waals surface area contributed by atoms with E-state index < -0.39 is 0 Å². The fraction of sp³-hybridized carbons (Fsp3) is 0.417. The summed E-state index contributed by atoms with van der Waals surface area (Å²) in [5, 5.41) is 2.45. The molecule has 0 atom stereocenters. The average molecular weight is 266 g/mol. The molecule has 0 spiro atoms.